The normalized spacial score (nSPS) is 16.7. The molecule has 1 aromatic rings. The van der Waals surface area contributed by atoms with E-state index in [1.54, 1.807) is 0 Å². The molecule has 4 nitrogen and oxygen atoms in total. The molecule has 0 saturated heterocycles. The lowest BCUT2D eigenvalue weighted by Gasteiger charge is -2.36. The Morgan fingerprint density at radius 2 is 2.06 bits per heavy atom. The van der Waals surface area contributed by atoms with Gasteiger partial charge in [-0.15, -0.1) is 0 Å². The van der Waals surface area contributed by atoms with Gasteiger partial charge in [-0.2, -0.15) is 0 Å². The van der Waals surface area contributed by atoms with E-state index < -0.39 is 5.54 Å². The molecule has 3 N–H and O–H groups in total. The third-order valence-electron chi connectivity index (χ3n) is 3.32. The number of carbonyl (C=O) groups excluding carboxylic acids is 1. The Kier molecular flexibility index (Phi) is 4.20. The van der Waals surface area contributed by atoms with E-state index in [9.17, 15) is 4.79 Å². The van der Waals surface area contributed by atoms with Crippen LogP contribution in [-0.4, -0.2) is 24.6 Å². The predicted octanol–water partition coefficient (Wildman–Crippen LogP) is 1.45. The Morgan fingerprint density at radius 3 is 2.67 bits per heavy atom. The van der Waals surface area contributed by atoms with Gasteiger partial charge in [-0.25, -0.2) is 0 Å². The average Bonchev–Trinajstić information content (AvgIpc) is 2.36. The number of nitrogens with one attached hydrogen (secondary N) is 1. The van der Waals surface area contributed by atoms with E-state index in [0.29, 0.717) is 13.2 Å². The number of benzene rings is 1. The summed E-state index contributed by atoms with van der Waals surface area (Å²) in [6.45, 7) is 1.21. The molecule has 0 unspecified atom stereocenters. The van der Waals surface area contributed by atoms with Crippen molar-refractivity contribution in [3.63, 3.8) is 0 Å². The van der Waals surface area contributed by atoms with Crippen molar-refractivity contribution in [2.75, 3.05) is 13.2 Å². The molecule has 0 aliphatic heterocycles. The van der Waals surface area contributed by atoms with E-state index in [4.69, 9.17) is 10.5 Å². The summed E-state index contributed by atoms with van der Waals surface area (Å²) in [5.74, 6) is 0.839. The van der Waals surface area contributed by atoms with Gasteiger partial charge in [-0.3, -0.25) is 4.79 Å². The maximum atomic E-state index is 11.7. The maximum Gasteiger partial charge on any atom is 0.240 e. The zero-order valence-electron chi connectivity index (χ0n) is 10.5. The number of rotatable bonds is 6. The van der Waals surface area contributed by atoms with E-state index in [2.05, 4.69) is 5.32 Å². The van der Waals surface area contributed by atoms with Crippen molar-refractivity contribution >= 4 is 5.91 Å². The zero-order valence-corrected chi connectivity index (χ0v) is 10.5. The Balaban J connectivity index is 1.58. The minimum absolute atomic E-state index is 0.0199. The first-order chi connectivity index (χ1) is 8.71. The SMILES string of the molecule is NC1(C(=O)NCCCOc2ccccc2)CCC1. The molecule has 2 rings (SSSR count). The van der Waals surface area contributed by atoms with Gasteiger partial charge in [0, 0.05) is 6.54 Å². The number of carbonyl (C=O) groups is 1. The molecule has 0 bridgehead atoms. The fourth-order valence-corrected chi connectivity index (χ4v) is 1.94. The van der Waals surface area contributed by atoms with Crippen LogP contribution in [0.25, 0.3) is 0 Å². The van der Waals surface area contributed by atoms with Crippen molar-refractivity contribution in [2.45, 2.75) is 31.2 Å². The van der Waals surface area contributed by atoms with Crippen LogP contribution < -0.4 is 15.8 Å². The number of hydrogen-bond acceptors (Lipinski definition) is 3. The molecule has 1 saturated carbocycles. The summed E-state index contributed by atoms with van der Waals surface area (Å²) in [5.41, 5.74) is 5.31. The lowest BCUT2D eigenvalue weighted by atomic mass is 9.77. The van der Waals surface area contributed by atoms with Crippen LogP contribution in [0.3, 0.4) is 0 Å². The van der Waals surface area contributed by atoms with Crippen molar-refractivity contribution in [3.05, 3.63) is 30.3 Å². The highest BCUT2D eigenvalue weighted by atomic mass is 16.5. The van der Waals surface area contributed by atoms with Crippen LogP contribution >= 0.6 is 0 Å². The second-order valence-corrected chi connectivity index (χ2v) is 4.78. The molecular formula is C14H20N2O2. The van der Waals surface area contributed by atoms with Crippen LogP contribution in [0.2, 0.25) is 0 Å². The summed E-state index contributed by atoms with van der Waals surface area (Å²) in [6, 6.07) is 9.66. The molecule has 0 spiro atoms. The zero-order chi connectivity index (χ0) is 12.8. The smallest absolute Gasteiger partial charge is 0.240 e. The lowest BCUT2D eigenvalue weighted by Crippen LogP contribution is -2.58. The first kappa shape index (κ1) is 12.9. The third kappa shape index (κ3) is 3.23. The van der Waals surface area contributed by atoms with Crippen molar-refractivity contribution in [3.8, 4) is 5.75 Å². The fourth-order valence-electron chi connectivity index (χ4n) is 1.94. The topological polar surface area (TPSA) is 64.4 Å². The van der Waals surface area contributed by atoms with Gasteiger partial charge in [-0.1, -0.05) is 18.2 Å². The molecule has 1 aliphatic rings. The molecule has 18 heavy (non-hydrogen) atoms. The van der Waals surface area contributed by atoms with Gasteiger partial charge in [-0.05, 0) is 37.8 Å². The summed E-state index contributed by atoms with van der Waals surface area (Å²) in [5, 5.41) is 2.87. The van der Waals surface area contributed by atoms with Crippen molar-refractivity contribution in [2.24, 2.45) is 5.73 Å². The summed E-state index contributed by atoms with van der Waals surface area (Å²) in [4.78, 5) is 11.7. The van der Waals surface area contributed by atoms with Crippen LogP contribution in [0.5, 0.6) is 5.75 Å². The van der Waals surface area contributed by atoms with Crippen LogP contribution in [0.4, 0.5) is 0 Å². The number of nitrogens with two attached hydrogens (primary N) is 1. The number of para-hydroxylation sites is 1. The monoisotopic (exact) mass is 248 g/mol. The van der Waals surface area contributed by atoms with Crippen molar-refractivity contribution in [1.29, 1.82) is 0 Å². The Hall–Kier alpha value is -1.55. The molecule has 1 fully saturated rings. The molecule has 4 heteroatoms. The molecule has 1 aliphatic carbocycles. The minimum atomic E-state index is -0.597. The first-order valence-corrected chi connectivity index (χ1v) is 6.46. The van der Waals surface area contributed by atoms with Gasteiger partial charge in [0.05, 0.1) is 12.1 Å². The second-order valence-electron chi connectivity index (χ2n) is 4.78. The second kappa shape index (κ2) is 5.87. The summed E-state index contributed by atoms with van der Waals surface area (Å²) in [6.07, 6.45) is 3.45. The van der Waals surface area contributed by atoms with E-state index in [1.165, 1.54) is 0 Å². The Bertz CT molecular complexity index is 388. The molecule has 1 amide bonds. The molecule has 1 aromatic carbocycles. The van der Waals surface area contributed by atoms with Gasteiger partial charge in [0.2, 0.25) is 5.91 Å². The van der Waals surface area contributed by atoms with Crippen LogP contribution in [0, 0.1) is 0 Å². The molecule has 0 atom stereocenters. The van der Waals surface area contributed by atoms with Gasteiger partial charge in [0.15, 0.2) is 0 Å². The highest BCUT2D eigenvalue weighted by Crippen LogP contribution is 2.28. The van der Waals surface area contributed by atoms with Crippen LogP contribution in [0.1, 0.15) is 25.7 Å². The molecule has 98 valence electrons. The summed E-state index contributed by atoms with van der Waals surface area (Å²) in [7, 11) is 0. The quantitative estimate of drug-likeness (QED) is 0.749. The molecule has 0 heterocycles. The van der Waals surface area contributed by atoms with Gasteiger partial charge in [0.25, 0.3) is 0 Å². The maximum absolute atomic E-state index is 11.7. The lowest BCUT2D eigenvalue weighted by molar-refractivity contribution is -0.129. The highest BCUT2D eigenvalue weighted by molar-refractivity contribution is 5.86. The fraction of sp³-hybridized carbons (Fsp3) is 0.500. The Labute approximate surface area is 108 Å². The molecular weight excluding hydrogens is 228 g/mol. The number of hydrogen-bond donors (Lipinski definition) is 2. The predicted molar refractivity (Wildman–Crippen MR) is 70.3 cm³/mol. The number of amides is 1. The molecule has 0 radical (unpaired) electrons. The van der Waals surface area contributed by atoms with E-state index >= 15 is 0 Å². The largest absolute Gasteiger partial charge is 0.494 e. The summed E-state index contributed by atoms with van der Waals surface area (Å²) < 4.78 is 5.53. The third-order valence-corrected chi connectivity index (χ3v) is 3.32. The van der Waals surface area contributed by atoms with E-state index in [1.807, 2.05) is 30.3 Å². The van der Waals surface area contributed by atoms with Crippen molar-refractivity contribution < 1.29 is 9.53 Å². The highest BCUT2D eigenvalue weighted by Gasteiger charge is 2.39. The minimum Gasteiger partial charge on any atom is -0.494 e. The molecule has 0 aromatic heterocycles. The van der Waals surface area contributed by atoms with Gasteiger partial charge in [0.1, 0.15) is 5.75 Å². The average molecular weight is 248 g/mol. The van der Waals surface area contributed by atoms with Crippen LogP contribution in [-0.2, 0) is 4.79 Å². The van der Waals surface area contributed by atoms with E-state index in [0.717, 1.165) is 31.4 Å². The van der Waals surface area contributed by atoms with Crippen molar-refractivity contribution in [1.82, 2.24) is 5.32 Å². The van der Waals surface area contributed by atoms with Gasteiger partial charge >= 0.3 is 0 Å². The first-order valence-electron chi connectivity index (χ1n) is 6.46. The Morgan fingerprint density at radius 1 is 1.33 bits per heavy atom. The van der Waals surface area contributed by atoms with Gasteiger partial charge < -0.3 is 15.8 Å². The standard InChI is InChI=1S/C14H20N2O2/c15-14(8-4-9-14)13(17)16-10-5-11-18-12-6-2-1-3-7-12/h1-3,6-7H,4-5,8-11,15H2,(H,16,17). The van der Waals surface area contributed by atoms with Crippen LogP contribution in [0.15, 0.2) is 30.3 Å². The summed E-state index contributed by atoms with van der Waals surface area (Å²) >= 11 is 0. The van der Waals surface area contributed by atoms with E-state index in [-0.39, 0.29) is 5.91 Å². The number of ether oxygens (including phenoxy) is 1.